The predicted molar refractivity (Wildman–Crippen MR) is 252 cm³/mol. The van der Waals surface area contributed by atoms with Gasteiger partial charge in [-0.05, 0) is 71.8 Å². The van der Waals surface area contributed by atoms with Crippen LogP contribution in [0.15, 0.2) is 194 Å². The monoisotopic (exact) mass is 772 g/mol. The fourth-order valence-corrected chi connectivity index (χ4v) is 12.0. The number of fused-ring (bicyclic) bond motifs is 12. The van der Waals surface area contributed by atoms with Gasteiger partial charge in [-0.1, -0.05) is 133 Å². The molecule has 58 heavy (non-hydrogen) atoms. The summed E-state index contributed by atoms with van der Waals surface area (Å²) in [5.74, 6) is 0. The fourth-order valence-electron chi connectivity index (χ4n) is 9.53. The number of hydrogen-bond donors (Lipinski definition) is 0. The lowest BCUT2D eigenvalue weighted by molar-refractivity contribution is 1.18. The highest BCUT2D eigenvalue weighted by molar-refractivity contribution is 7.27. The maximum absolute atomic E-state index is 2.51. The topological polar surface area (TPSA) is 9.86 Å². The van der Waals surface area contributed by atoms with Crippen LogP contribution in [0.1, 0.15) is 0 Å². The van der Waals surface area contributed by atoms with Gasteiger partial charge in [0.05, 0.1) is 22.1 Å². The molecule has 0 radical (unpaired) electrons. The Morgan fingerprint density at radius 1 is 0.276 bits per heavy atom. The van der Waals surface area contributed by atoms with Crippen LogP contribution >= 0.6 is 22.7 Å². The molecule has 4 heterocycles. The highest BCUT2D eigenvalue weighted by atomic mass is 32.1. The minimum atomic E-state index is 1.17. The molecular weight excluding hydrogens is 741 g/mol. The molecule has 0 fully saturated rings. The predicted octanol–water partition coefficient (Wildman–Crippen LogP) is 16.0. The molecule has 0 spiro atoms. The third-order valence-electron chi connectivity index (χ3n) is 12.1. The molecular formula is C54H32N2S2. The first-order valence-corrected chi connectivity index (χ1v) is 21.4. The zero-order chi connectivity index (χ0) is 37.9. The van der Waals surface area contributed by atoms with Gasteiger partial charge in [0.15, 0.2) is 0 Å². The molecule has 0 aliphatic heterocycles. The Kier molecular flexibility index (Phi) is 6.79. The fraction of sp³-hybridized carbons (Fsp3) is 0. The Bertz CT molecular complexity index is 3800. The maximum Gasteiger partial charge on any atom is 0.0547 e. The van der Waals surface area contributed by atoms with E-state index in [0.717, 1.165) is 0 Å². The molecule has 4 aromatic heterocycles. The van der Waals surface area contributed by atoms with Crippen LogP contribution in [-0.4, -0.2) is 9.13 Å². The van der Waals surface area contributed by atoms with Gasteiger partial charge in [0.2, 0.25) is 0 Å². The van der Waals surface area contributed by atoms with E-state index in [1.54, 1.807) is 0 Å². The molecule has 270 valence electrons. The summed E-state index contributed by atoms with van der Waals surface area (Å²) in [5, 5.41) is 10.3. The van der Waals surface area contributed by atoms with E-state index in [1.807, 2.05) is 22.7 Å². The van der Waals surface area contributed by atoms with Crippen molar-refractivity contribution in [3.8, 4) is 33.6 Å². The Labute approximate surface area is 341 Å². The number of hydrogen-bond acceptors (Lipinski definition) is 2. The van der Waals surface area contributed by atoms with E-state index in [4.69, 9.17) is 0 Å². The molecule has 0 bridgehead atoms. The van der Waals surface area contributed by atoms with Crippen LogP contribution in [0.3, 0.4) is 0 Å². The first-order chi connectivity index (χ1) is 28.8. The van der Waals surface area contributed by atoms with E-state index in [-0.39, 0.29) is 0 Å². The molecule has 0 aliphatic rings. The largest absolute Gasteiger partial charge is 0.309 e. The molecule has 0 aliphatic carbocycles. The summed E-state index contributed by atoms with van der Waals surface area (Å²) < 4.78 is 10.2. The van der Waals surface area contributed by atoms with Gasteiger partial charge in [-0.2, -0.15) is 0 Å². The first-order valence-electron chi connectivity index (χ1n) is 19.8. The molecule has 4 heteroatoms. The van der Waals surface area contributed by atoms with Crippen molar-refractivity contribution >= 4 is 107 Å². The van der Waals surface area contributed by atoms with Crippen molar-refractivity contribution < 1.29 is 0 Å². The lowest BCUT2D eigenvalue weighted by Crippen LogP contribution is -1.95. The number of rotatable bonds is 4. The highest BCUT2D eigenvalue weighted by Crippen LogP contribution is 2.47. The van der Waals surface area contributed by atoms with Crippen molar-refractivity contribution in [1.29, 1.82) is 0 Å². The second-order valence-corrected chi connectivity index (χ2v) is 17.4. The van der Waals surface area contributed by atoms with Gasteiger partial charge in [-0.15, -0.1) is 22.7 Å². The molecule has 13 aromatic rings. The second kappa shape index (κ2) is 12.3. The van der Waals surface area contributed by atoms with Gasteiger partial charge in [-0.25, -0.2) is 0 Å². The van der Waals surface area contributed by atoms with Crippen molar-refractivity contribution in [3.05, 3.63) is 194 Å². The Morgan fingerprint density at radius 2 is 0.759 bits per heavy atom. The quantitative estimate of drug-likeness (QED) is 0.169. The third kappa shape index (κ3) is 4.58. The summed E-state index contributed by atoms with van der Waals surface area (Å²) in [5.41, 5.74) is 12.1. The number of aromatic nitrogens is 2. The molecule has 9 aromatic carbocycles. The summed E-state index contributed by atoms with van der Waals surface area (Å²) in [6.45, 7) is 0. The minimum absolute atomic E-state index is 1.17. The smallest absolute Gasteiger partial charge is 0.0547 e. The van der Waals surface area contributed by atoms with Crippen molar-refractivity contribution in [2.45, 2.75) is 0 Å². The number of para-hydroxylation sites is 3. The van der Waals surface area contributed by atoms with Gasteiger partial charge in [0.1, 0.15) is 0 Å². The SMILES string of the molecule is c1ccc(-n2c3ccccc3c3ccc(-c4ccc5c6ccccc6n(-c6cc(-c7cccc8c7sc7ccccc78)c7sc8ccccc8c7c6)c5c4)cc32)cc1. The maximum atomic E-state index is 2.51. The van der Waals surface area contributed by atoms with Crippen molar-refractivity contribution in [2.75, 3.05) is 0 Å². The van der Waals surface area contributed by atoms with E-state index < -0.39 is 0 Å². The van der Waals surface area contributed by atoms with Crippen LogP contribution in [0.5, 0.6) is 0 Å². The van der Waals surface area contributed by atoms with Gasteiger partial charge >= 0.3 is 0 Å². The zero-order valence-electron chi connectivity index (χ0n) is 31.2. The van der Waals surface area contributed by atoms with E-state index in [2.05, 4.69) is 203 Å². The molecule has 0 saturated heterocycles. The van der Waals surface area contributed by atoms with Gasteiger partial charge in [0, 0.05) is 84.4 Å². The van der Waals surface area contributed by atoms with Crippen LogP contribution in [0, 0.1) is 0 Å². The van der Waals surface area contributed by atoms with Crippen LogP contribution < -0.4 is 0 Å². The normalized spacial score (nSPS) is 12.1. The first kappa shape index (κ1) is 32.1. The lowest BCUT2D eigenvalue weighted by Gasteiger charge is -2.14. The van der Waals surface area contributed by atoms with Gasteiger partial charge in [-0.3, -0.25) is 0 Å². The summed E-state index contributed by atoms with van der Waals surface area (Å²) in [4.78, 5) is 0. The molecule has 2 nitrogen and oxygen atoms in total. The molecule has 0 atom stereocenters. The molecule has 0 unspecified atom stereocenters. The van der Waals surface area contributed by atoms with Crippen LogP contribution in [0.25, 0.3) is 118 Å². The van der Waals surface area contributed by atoms with Crippen LogP contribution in [0.4, 0.5) is 0 Å². The standard InChI is InChI=1S/C54H32N2S2/c1-2-13-35(14-3-1)55-47-21-8-4-15-37(47)39-27-25-33(29-49(39)55)34-26-28-40-38-16-5-9-22-48(38)56(50(40)30-34)36-31-45-42-18-7-11-24-52(42)58-54(45)46(32-36)44-20-12-19-43-41-17-6-10-23-51(41)57-53(43)44/h1-32H. The van der Waals surface area contributed by atoms with Crippen molar-refractivity contribution in [1.82, 2.24) is 9.13 Å². The van der Waals surface area contributed by atoms with Crippen molar-refractivity contribution in [2.24, 2.45) is 0 Å². The number of nitrogens with zero attached hydrogens (tertiary/aromatic N) is 2. The minimum Gasteiger partial charge on any atom is -0.309 e. The van der Waals surface area contributed by atoms with E-state index in [0.29, 0.717) is 0 Å². The molecule has 13 rings (SSSR count). The Morgan fingerprint density at radius 3 is 1.40 bits per heavy atom. The zero-order valence-corrected chi connectivity index (χ0v) is 32.8. The van der Waals surface area contributed by atoms with Gasteiger partial charge < -0.3 is 9.13 Å². The molecule has 0 amide bonds. The average Bonchev–Trinajstić information content (AvgIpc) is 4.04. The summed E-state index contributed by atoms with van der Waals surface area (Å²) in [6, 6.07) is 71.9. The van der Waals surface area contributed by atoms with E-state index in [9.17, 15) is 0 Å². The lowest BCUT2D eigenvalue weighted by atomic mass is 9.99. The Hall–Kier alpha value is -6.98. The summed E-state index contributed by atoms with van der Waals surface area (Å²) >= 11 is 3.81. The van der Waals surface area contributed by atoms with E-state index >= 15 is 0 Å². The summed E-state index contributed by atoms with van der Waals surface area (Å²) in [7, 11) is 0. The second-order valence-electron chi connectivity index (χ2n) is 15.3. The molecule has 0 saturated carbocycles. The molecule has 0 N–H and O–H groups in total. The number of benzene rings is 9. The number of thiophene rings is 2. The van der Waals surface area contributed by atoms with Crippen molar-refractivity contribution in [3.63, 3.8) is 0 Å². The van der Waals surface area contributed by atoms with Gasteiger partial charge in [0.25, 0.3) is 0 Å². The highest BCUT2D eigenvalue weighted by Gasteiger charge is 2.20. The van der Waals surface area contributed by atoms with Crippen LogP contribution in [0.2, 0.25) is 0 Å². The van der Waals surface area contributed by atoms with Crippen LogP contribution in [-0.2, 0) is 0 Å². The van der Waals surface area contributed by atoms with E-state index in [1.165, 1.54) is 118 Å². The Balaban J connectivity index is 1.08. The third-order valence-corrected chi connectivity index (χ3v) is 14.6. The summed E-state index contributed by atoms with van der Waals surface area (Å²) in [6.07, 6.45) is 0. The average molecular weight is 773 g/mol.